The molecule has 0 atom stereocenters. The number of aromatic nitrogens is 2. The smallest absolute Gasteiger partial charge is 0.123 e. The zero-order valence-electron chi connectivity index (χ0n) is 7.79. The van der Waals surface area contributed by atoms with E-state index in [2.05, 4.69) is 22.5 Å². The number of nitrogens with one attached hydrogen (secondary N) is 1. The van der Waals surface area contributed by atoms with Gasteiger partial charge in [0.2, 0.25) is 0 Å². The Hall–Kier alpha value is -1.77. The van der Waals surface area contributed by atoms with Gasteiger partial charge in [-0.2, -0.15) is 5.10 Å². The second-order valence-corrected chi connectivity index (χ2v) is 3.34. The van der Waals surface area contributed by atoms with Crippen molar-refractivity contribution in [3.05, 3.63) is 35.5 Å². The average Bonchev–Trinajstić information content (AvgIpc) is 2.76. The van der Waals surface area contributed by atoms with Crippen LogP contribution < -0.4 is 4.74 Å². The molecule has 1 aliphatic carbocycles. The Kier molecular flexibility index (Phi) is 1.42. The number of ether oxygens (including phenoxy) is 1. The predicted molar refractivity (Wildman–Crippen MR) is 52.2 cm³/mol. The molecule has 1 aromatic carbocycles. The van der Waals surface area contributed by atoms with Crippen molar-refractivity contribution in [2.24, 2.45) is 0 Å². The molecule has 14 heavy (non-hydrogen) atoms. The van der Waals surface area contributed by atoms with E-state index in [0.717, 1.165) is 29.0 Å². The minimum absolute atomic E-state index is 0.866. The molecule has 1 aromatic heterocycles. The Labute approximate surface area is 81.7 Å². The van der Waals surface area contributed by atoms with E-state index < -0.39 is 0 Å². The highest BCUT2D eigenvalue weighted by Crippen LogP contribution is 2.39. The molecule has 0 spiro atoms. The fourth-order valence-electron chi connectivity index (χ4n) is 1.97. The van der Waals surface area contributed by atoms with Crippen LogP contribution in [0.1, 0.15) is 11.1 Å². The molecule has 0 aliphatic heterocycles. The van der Waals surface area contributed by atoms with Crippen molar-refractivity contribution in [2.75, 3.05) is 7.11 Å². The van der Waals surface area contributed by atoms with Crippen molar-refractivity contribution < 1.29 is 4.74 Å². The summed E-state index contributed by atoms with van der Waals surface area (Å²) in [5.74, 6) is 0.939. The Balaban J connectivity index is 2.26. The summed E-state index contributed by atoms with van der Waals surface area (Å²) in [6, 6.07) is 6.04. The van der Waals surface area contributed by atoms with Crippen LogP contribution in [0, 0.1) is 6.20 Å². The molecule has 1 aliphatic rings. The summed E-state index contributed by atoms with van der Waals surface area (Å²) in [7, 11) is 1.70. The number of hydrogen-bond acceptors (Lipinski definition) is 2. The van der Waals surface area contributed by atoms with Crippen molar-refractivity contribution in [3.63, 3.8) is 0 Å². The van der Waals surface area contributed by atoms with Crippen molar-refractivity contribution in [1.82, 2.24) is 10.2 Å². The lowest BCUT2D eigenvalue weighted by Gasteiger charge is -2.05. The van der Waals surface area contributed by atoms with Crippen LogP contribution in [0.5, 0.6) is 5.75 Å². The highest BCUT2D eigenvalue weighted by Gasteiger charge is 2.23. The summed E-state index contributed by atoms with van der Waals surface area (Å²) < 4.78 is 5.31. The van der Waals surface area contributed by atoms with Gasteiger partial charge in [-0.25, -0.2) is 0 Å². The molecule has 3 heteroatoms. The number of hydrogen-bond donors (Lipinski definition) is 1. The lowest BCUT2D eigenvalue weighted by molar-refractivity contribution is 0.411. The number of fused-ring (bicyclic) bond motifs is 3. The molecule has 0 saturated heterocycles. The van der Waals surface area contributed by atoms with Crippen molar-refractivity contribution >= 4 is 0 Å². The molecule has 2 aromatic rings. The molecule has 1 N–H and O–H groups in total. The minimum atomic E-state index is 0.866. The highest BCUT2D eigenvalue weighted by atomic mass is 16.5. The van der Waals surface area contributed by atoms with Gasteiger partial charge in [0.15, 0.2) is 0 Å². The Bertz CT molecular complexity index is 488. The summed E-state index contributed by atoms with van der Waals surface area (Å²) in [6.07, 6.45) is 3.89. The van der Waals surface area contributed by atoms with Gasteiger partial charge in [0.05, 0.1) is 19.0 Å². The highest BCUT2D eigenvalue weighted by molar-refractivity contribution is 5.75. The first-order valence-corrected chi connectivity index (χ1v) is 4.51. The second-order valence-electron chi connectivity index (χ2n) is 3.34. The Morgan fingerprint density at radius 1 is 1.50 bits per heavy atom. The standard InChI is InChI=1S/C11H9N2O/c1-14-10-4-2-3-8-9(10)5-7-6-12-13-11(7)8/h2-4H,5H2,1H3,(H,12,13). The van der Waals surface area contributed by atoms with Crippen LogP contribution in [-0.4, -0.2) is 17.3 Å². The third-order valence-corrected chi connectivity index (χ3v) is 2.62. The number of aromatic amines is 1. The molecule has 3 nitrogen and oxygen atoms in total. The van der Waals surface area contributed by atoms with Crippen LogP contribution in [0.4, 0.5) is 0 Å². The van der Waals surface area contributed by atoms with E-state index in [1.165, 1.54) is 5.56 Å². The molecule has 0 amide bonds. The molecule has 1 heterocycles. The first-order chi connectivity index (χ1) is 6.90. The number of benzene rings is 1. The number of rotatable bonds is 1. The molecule has 3 rings (SSSR count). The van der Waals surface area contributed by atoms with Crippen molar-refractivity contribution in [2.45, 2.75) is 6.42 Å². The molecule has 0 unspecified atom stereocenters. The lowest BCUT2D eigenvalue weighted by atomic mass is 10.1. The topological polar surface area (TPSA) is 37.9 Å². The predicted octanol–water partition coefficient (Wildman–Crippen LogP) is 1.79. The van der Waals surface area contributed by atoms with E-state index in [9.17, 15) is 0 Å². The third kappa shape index (κ3) is 0.839. The zero-order valence-corrected chi connectivity index (χ0v) is 7.79. The SMILES string of the molecule is COc1cccc2c1Cc1[c][nH]nc1-2. The Morgan fingerprint density at radius 3 is 3.29 bits per heavy atom. The molecular formula is C11H9N2O. The summed E-state index contributed by atoms with van der Waals surface area (Å²) in [5, 5.41) is 6.94. The quantitative estimate of drug-likeness (QED) is 0.627. The molecule has 1 radical (unpaired) electrons. The summed E-state index contributed by atoms with van der Waals surface area (Å²) in [6.45, 7) is 0. The first-order valence-electron chi connectivity index (χ1n) is 4.51. The van der Waals surface area contributed by atoms with E-state index in [0.29, 0.717) is 0 Å². The molecule has 0 fully saturated rings. The largest absolute Gasteiger partial charge is 0.496 e. The maximum Gasteiger partial charge on any atom is 0.123 e. The fraction of sp³-hybridized carbons (Fsp3) is 0.182. The zero-order chi connectivity index (χ0) is 9.54. The third-order valence-electron chi connectivity index (χ3n) is 2.62. The van der Waals surface area contributed by atoms with Gasteiger partial charge in [0.25, 0.3) is 0 Å². The molecular weight excluding hydrogens is 176 g/mol. The molecule has 69 valence electrons. The van der Waals surface area contributed by atoms with E-state index in [1.807, 2.05) is 12.1 Å². The van der Waals surface area contributed by atoms with Gasteiger partial charge in [-0.05, 0) is 6.07 Å². The van der Waals surface area contributed by atoms with Gasteiger partial charge in [0, 0.05) is 23.1 Å². The lowest BCUT2D eigenvalue weighted by Crippen LogP contribution is -1.90. The van der Waals surface area contributed by atoms with Gasteiger partial charge in [-0.1, -0.05) is 12.1 Å². The summed E-state index contributed by atoms with van der Waals surface area (Å²) in [5.41, 5.74) is 4.53. The van der Waals surface area contributed by atoms with E-state index in [1.54, 1.807) is 7.11 Å². The van der Waals surface area contributed by atoms with Crippen LogP contribution in [0.2, 0.25) is 0 Å². The number of nitrogens with zero attached hydrogens (tertiary/aromatic N) is 1. The maximum absolute atomic E-state index is 5.31. The van der Waals surface area contributed by atoms with Crippen molar-refractivity contribution in [1.29, 1.82) is 0 Å². The van der Waals surface area contributed by atoms with Crippen LogP contribution >= 0.6 is 0 Å². The van der Waals surface area contributed by atoms with Gasteiger partial charge >= 0.3 is 0 Å². The average molecular weight is 185 g/mol. The second kappa shape index (κ2) is 2.61. The normalized spacial score (nSPS) is 12.4. The van der Waals surface area contributed by atoms with E-state index in [-0.39, 0.29) is 0 Å². The monoisotopic (exact) mass is 185 g/mol. The van der Waals surface area contributed by atoms with E-state index >= 15 is 0 Å². The van der Waals surface area contributed by atoms with Gasteiger partial charge in [-0.3, -0.25) is 5.10 Å². The van der Waals surface area contributed by atoms with Crippen LogP contribution in [0.15, 0.2) is 18.2 Å². The summed E-state index contributed by atoms with van der Waals surface area (Å²) in [4.78, 5) is 0. The molecule has 0 bridgehead atoms. The van der Waals surface area contributed by atoms with Crippen LogP contribution in [0.3, 0.4) is 0 Å². The Morgan fingerprint density at radius 2 is 2.43 bits per heavy atom. The van der Waals surface area contributed by atoms with Crippen LogP contribution in [-0.2, 0) is 6.42 Å². The maximum atomic E-state index is 5.31. The van der Waals surface area contributed by atoms with Crippen molar-refractivity contribution in [3.8, 4) is 17.0 Å². The van der Waals surface area contributed by atoms with E-state index in [4.69, 9.17) is 4.74 Å². The minimum Gasteiger partial charge on any atom is -0.496 e. The molecule has 0 saturated carbocycles. The van der Waals surface area contributed by atoms with Gasteiger partial charge in [0.1, 0.15) is 5.75 Å². The van der Waals surface area contributed by atoms with Crippen LogP contribution in [0.25, 0.3) is 11.3 Å². The number of H-pyrrole nitrogens is 1. The first kappa shape index (κ1) is 7.62. The fourth-order valence-corrected chi connectivity index (χ4v) is 1.97. The number of methoxy groups -OCH3 is 1. The van der Waals surface area contributed by atoms with Gasteiger partial charge < -0.3 is 4.74 Å². The van der Waals surface area contributed by atoms with Gasteiger partial charge in [-0.15, -0.1) is 0 Å². The summed E-state index contributed by atoms with van der Waals surface area (Å²) >= 11 is 0.